The summed E-state index contributed by atoms with van der Waals surface area (Å²) in [4.78, 5) is 5.82. The van der Waals surface area contributed by atoms with Gasteiger partial charge in [0.05, 0.1) is 11.3 Å². The number of rotatable bonds is 3. The summed E-state index contributed by atoms with van der Waals surface area (Å²) in [5, 5.41) is 0.514. The van der Waals surface area contributed by atoms with Gasteiger partial charge in [0.1, 0.15) is 0 Å². The summed E-state index contributed by atoms with van der Waals surface area (Å²) in [6.07, 6.45) is 4.18. The molecule has 6 heteroatoms. The number of fused-ring (bicyclic) bond motifs is 2. The van der Waals surface area contributed by atoms with Crippen molar-refractivity contribution in [2.24, 2.45) is 0 Å². The number of anilines is 1. The minimum atomic E-state index is -4.28. The minimum absolute atomic E-state index is 0.376. The Morgan fingerprint density at radius 3 is 2.50 bits per heavy atom. The van der Waals surface area contributed by atoms with Crippen LogP contribution >= 0.6 is 11.8 Å². The monoisotopic (exact) mass is 384 g/mol. The van der Waals surface area contributed by atoms with Crippen LogP contribution in [0.2, 0.25) is 0 Å². The fourth-order valence-electron chi connectivity index (χ4n) is 4.65. The first-order valence-corrected chi connectivity index (χ1v) is 10.8. The zero-order valence-electron chi connectivity index (χ0n) is 15.1. The summed E-state index contributed by atoms with van der Waals surface area (Å²) in [7, 11) is 0. The Labute approximate surface area is 158 Å². The van der Waals surface area contributed by atoms with E-state index in [1.807, 2.05) is 11.8 Å². The highest BCUT2D eigenvalue weighted by Crippen LogP contribution is 2.47. The second kappa shape index (κ2) is 7.63. The summed E-state index contributed by atoms with van der Waals surface area (Å²) in [6.45, 7) is 4.07. The van der Waals surface area contributed by atoms with Gasteiger partial charge in [-0.1, -0.05) is 19.3 Å². The number of thioether (sulfide) groups is 1. The van der Waals surface area contributed by atoms with Gasteiger partial charge in [-0.15, -0.1) is 11.8 Å². The molecular formula is C20H27F3N2S. The van der Waals surface area contributed by atoms with E-state index >= 15 is 0 Å². The number of likely N-dealkylation sites (tertiary alicyclic amines) is 1. The van der Waals surface area contributed by atoms with Crippen LogP contribution in [0.25, 0.3) is 0 Å². The second-order valence-electron chi connectivity index (χ2n) is 7.78. The standard InChI is InChI=1S/C20H27F3N2S/c21-20(22,23)15-8-9-19-17(14-15)25(13-12-24-10-4-5-11-24)16-6-2-1-3-7-18(16)26-19/h8-9,14,16,18H,1-7,10-13H2. The maximum atomic E-state index is 13.3. The highest BCUT2D eigenvalue weighted by atomic mass is 32.2. The van der Waals surface area contributed by atoms with Crippen molar-refractivity contribution < 1.29 is 13.2 Å². The first-order valence-electron chi connectivity index (χ1n) is 9.89. The maximum absolute atomic E-state index is 13.3. The van der Waals surface area contributed by atoms with E-state index in [0.29, 0.717) is 11.3 Å². The van der Waals surface area contributed by atoms with Crippen molar-refractivity contribution in [2.75, 3.05) is 31.1 Å². The average Bonchev–Trinajstić information content (AvgIpc) is 3.02. The number of benzene rings is 1. The fourth-order valence-corrected chi connectivity index (χ4v) is 6.14. The Kier molecular flexibility index (Phi) is 5.42. The molecule has 2 nitrogen and oxygen atoms in total. The molecule has 1 aromatic rings. The van der Waals surface area contributed by atoms with E-state index in [1.54, 1.807) is 6.07 Å². The maximum Gasteiger partial charge on any atom is 0.416 e. The topological polar surface area (TPSA) is 6.48 Å². The van der Waals surface area contributed by atoms with Crippen molar-refractivity contribution in [1.82, 2.24) is 4.90 Å². The van der Waals surface area contributed by atoms with E-state index < -0.39 is 11.7 Å². The van der Waals surface area contributed by atoms with Gasteiger partial charge >= 0.3 is 6.18 Å². The lowest BCUT2D eigenvalue weighted by molar-refractivity contribution is -0.137. The number of hydrogen-bond donors (Lipinski definition) is 0. The Morgan fingerprint density at radius 1 is 0.962 bits per heavy atom. The van der Waals surface area contributed by atoms with E-state index in [0.717, 1.165) is 43.2 Å². The van der Waals surface area contributed by atoms with E-state index in [1.165, 1.54) is 50.7 Å². The van der Waals surface area contributed by atoms with Gasteiger partial charge in [0.2, 0.25) is 0 Å². The molecule has 2 fully saturated rings. The largest absolute Gasteiger partial charge is 0.416 e. The predicted octanol–water partition coefficient (Wildman–Crippen LogP) is 5.41. The number of alkyl halides is 3. The third-order valence-corrected chi connectivity index (χ3v) is 7.50. The van der Waals surface area contributed by atoms with Crippen LogP contribution in [0.3, 0.4) is 0 Å². The van der Waals surface area contributed by atoms with Crippen molar-refractivity contribution in [3.63, 3.8) is 0 Å². The van der Waals surface area contributed by atoms with Gasteiger partial charge < -0.3 is 9.80 Å². The fraction of sp³-hybridized carbons (Fsp3) is 0.700. The third kappa shape index (κ3) is 3.86. The molecule has 3 aliphatic rings. The van der Waals surface area contributed by atoms with E-state index in [-0.39, 0.29) is 0 Å². The summed E-state index contributed by atoms with van der Waals surface area (Å²) in [6, 6.07) is 4.72. The van der Waals surface area contributed by atoms with Crippen LogP contribution in [-0.2, 0) is 6.18 Å². The average molecular weight is 385 g/mol. The lowest BCUT2D eigenvalue weighted by atomic mass is 10.0. The van der Waals surface area contributed by atoms with Gasteiger partial charge in [-0.2, -0.15) is 13.2 Å². The first kappa shape index (κ1) is 18.5. The molecule has 0 spiro atoms. The van der Waals surface area contributed by atoms with Gasteiger partial charge in [-0.3, -0.25) is 0 Å². The zero-order chi connectivity index (χ0) is 18.1. The lowest BCUT2D eigenvalue weighted by Crippen LogP contribution is -2.47. The summed E-state index contributed by atoms with van der Waals surface area (Å²) < 4.78 is 39.8. The molecule has 144 valence electrons. The van der Waals surface area contributed by atoms with Crippen LogP contribution in [0.1, 0.15) is 50.5 Å². The molecule has 1 saturated heterocycles. The molecule has 2 atom stereocenters. The van der Waals surface area contributed by atoms with Crippen molar-refractivity contribution in [1.29, 1.82) is 0 Å². The highest BCUT2D eigenvalue weighted by molar-refractivity contribution is 8.00. The molecule has 0 bridgehead atoms. The second-order valence-corrected chi connectivity index (χ2v) is 9.07. The van der Waals surface area contributed by atoms with Gasteiger partial charge in [-0.05, 0) is 57.0 Å². The molecule has 2 unspecified atom stereocenters. The van der Waals surface area contributed by atoms with Crippen LogP contribution in [0.5, 0.6) is 0 Å². The molecule has 0 aromatic heterocycles. The van der Waals surface area contributed by atoms with Gasteiger partial charge in [0.15, 0.2) is 0 Å². The zero-order valence-corrected chi connectivity index (χ0v) is 15.9. The van der Waals surface area contributed by atoms with Crippen LogP contribution in [0.4, 0.5) is 18.9 Å². The van der Waals surface area contributed by atoms with Gasteiger partial charge in [0.25, 0.3) is 0 Å². The molecule has 2 heterocycles. The quantitative estimate of drug-likeness (QED) is 0.688. The van der Waals surface area contributed by atoms with Gasteiger partial charge in [-0.25, -0.2) is 0 Å². The van der Waals surface area contributed by atoms with Crippen molar-refractivity contribution in [3.8, 4) is 0 Å². The molecule has 2 aliphatic heterocycles. The smallest absolute Gasteiger partial charge is 0.365 e. The van der Waals surface area contributed by atoms with Crippen molar-refractivity contribution in [3.05, 3.63) is 23.8 Å². The molecule has 1 aromatic carbocycles. The van der Waals surface area contributed by atoms with Crippen molar-refractivity contribution in [2.45, 2.75) is 67.3 Å². The molecule has 26 heavy (non-hydrogen) atoms. The lowest BCUT2D eigenvalue weighted by Gasteiger charge is -2.43. The molecule has 0 amide bonds. The normalized spacial score (nSPS) is 27.1. The SMILES string of the molecule is FC(F)(F)c1ccc2c(c1)N(CCN1CCCC1)C1CCCCCC1S2. The summed E-state index contributed by atoms with van der Waals surface area (Å²) in [5.74, 6) is 0. The number of halogens is 3. The Hall–Kier alpha value is -0.880. The number of nitrogens with zero attached hydrogens (tertiary/aromatic N) is 2. The van der Waals surface area contributed by atoms with Crippen LogP contribution < -0.4 is 4.90 Å². The highest BCUT2D eigenvalue weighted by Gasteiger charge is 2.38. The Balaban J connectivity index is 1.64. The first-order chi connectivity index (χ1) is 12.5. The van der Waals surface area contributed by atoms with Crippen LogP contribution in [0, 0.1) is 0 Å². The van der Waals surface area contributed by atoms with Crippen molar-refractivity contribution >= 4 is 17.4 Å². The van der Waals surface area contributed by atoms with E-state index in [4.69, 9.17) is 0 Å². The van der Waals surface area contributed by atoms with Gasteiger partial charge in [0, 0.05) is 29.3 Å². The van der Waals surface area contributed by atoms with Crippen LogP contribution in [0.15, 0.2) is 23.1 Å². The molecule has 1 saturated carbocycles. The molecule has 1 aliphatic carbocycles. The molecule has 0 N–H and O–H groups in total. The third-order valence-electron chi connectivity index (χ3n) is 6.05. The summed E-state index contributed by atoms with van der Waals surface area (Å²) >= 11 is 1.81. The van der Waals surface area contributed by atoms with E-state index in [2.05, 4.69) is 9.80 Å². The predicted molar refractivity (Wildman–Crippen MR) is 101 cm³/mol. The Bertz CT molecular complexity index is 628. The minimum Gasteiger partial charge on any atom is -0.365 e. The number of hydrogen-bond acceptors (Lipinski definition) is 3. The Morgan fingerprint density at radius 2 is 1.73 bits per heavy atom. The van der Waals surface area contributed by atoms with Crippen LogP contribution in [-0.4, -0.2) is 42.4 Å². The molecular weight excluding hydrogens is 357 g/mol. The molecule has 0 radical (unpaired) electrons. The van der Waals surface area contributed by atoms with E-state index in [9.17, 15) is 13.2 Å². The summed E-state index contributed by atoms with van der Waals surface area (Å²) in [5.41, 5.74) is 0.294. The molecule has 4 rings (SSSR count).